The van der Waals surface area contributed by atoms with Crippen LogP contribution in [0.1, 0.15) is 18.9 Å². The highest BCUT2D eigenvalue weighted by atomic mass is 35.5. The summed E-state index contributed by atoms with van der Waals surface area (Å²) in [5.74, 6) is 0.643. The second-order valence-electron chi connectivity index (χ2n) is 4.31. The van der Waals surface area contributed by atoms with Crippen molar-refractivity contribution in [3.8, 4) is 0 Å². The number of anilines is 1. The van der Waals surface area contributed by atoms with Gasteiger partial charge in [-0.25, -0.2) is 9.37 Å². The lowest BCUT2D eigenvalue weighted by molar-refractivity contribution is 0.118. The lowest BCUT2D eigenvalue weighted by atomic mass is 10.1. The average molecular weight is 259 g/mol. The minimum atomic E-state index is -0.353. The molecule has 1 fully saturated rings. The molecule has 1 aromatic rings. The molecule has 1 saturated heterocycles. The van der Waals surface area contributed by atoms with Crippen LogP contribution < -0.4 is 4.90 Å². The van der Waals surface area contributed by atoms with Crippen LogP contribution in [0.2, 0.25) is 0 Å². The van der Waals surface area contributed by atoms with Crippen molar-refractivity contribution >= 4 is 17.4 Å². The van der Waals surface area contributed by atoms with Crippen molar-refractivity contribution in [2.24, 2.45) is 0 Å². The predicted molar refractivity (Wildman–Crippen MR) is 66.0 cm³/mol. The molecule has 0 radical (unpaired) electrons. The Hall–Kier alpha value is -0.870. The normalized spacial score (nSPS) is 24.0. The van der Waals surface area contributed by atoms with E-state index in [4.69, 9.17) is 16.3 Å². The largest absolute Gasteiger partial charge is 0.376 e. The molecule has 2 atom stereocenters. The third-order valence-electron chi connectivity index (χ3n) is 3.22. The minimum absolute atomic E-state index is 0.162. The number of rotatable bonds is 3. The summed E-state index contributed by atoms with van der Waals surface area (Å²) >= 11 is 5.83. The fraction of sp³-hybridized carbons (Fsp3) is 0.583. The Morgan fingerprint density at radius 3 is 3.00 bits per heavy atom. The molecular formula is C12H16ClFN2O. The summed E-state index contributed by atoms with van der Waals surface area (Å²) in [5, 5.41) is 0. The first-order valence-electron chi connectivity index (χ1n) is 5.68. The van der Waals surface area contributed by atoms with Crippen LogP contribution in [0.4, 0.5) is 10.2 Å². The SMILES string of the molecule is CC1OCCC1N(C)c1ncc(F)cc1CCl. The molecule has 1 aromatic heterocycles. The van der Waals surface area contributed by atoms with Crippen molar-refractivity contribution in [1.29, 1.82) is 0 Å². The molecule has 2 rings (SSSR count). The zero-order chi connectivity index (χ0) is 12.4. The highest BCUT2D eigenvalue weighted by Crippen LogP contribution is 2.26. The maximum Gasteiger partial charge on any atom is 0.141 e. The lowest BCUT2D eigenvalue weighted by Crippen LogP contribution is -2.37. The van der Waals surface area contributed by atoms with E-state index in [9.17, 15) is 4.39 Å². The fourth-order valence-electron chi connectivity index (χ4n) is 2.28. The van der Waals surface area contributed by atoms with Gasteiger partial charge in [-0.2, -0.15) is 0 Å². The van der Waals surface area contributed by atoms with Gasteiger partial charge in [-0.05, 0) is 19.4 Å². The molecule has 2 heterocycles. The molecule has 0 N–H and O–H groups in total. The zero-order valence-electron chi connectivity index (χ0n) is 9.99. The van der Waals surface area contributed by atoms with E-state index in [1.54, 1.807) is 0 Å². The number of nitrogens with zero attached hydrogens (tertiary/aromatic N) is 2. The van der Waals surface area contributed by atoms with Gasteiger partial charge >= 0.3 is 0 Å². The van der Waals surface area contributed by atoms with Gasteiger partial charge in [0.25, 0.3) is 0 Å². The van der Waals surface area contributed by atoms with E-state index in [1.807, 2.05) is 18.9 Å². The van der Waals surface area contributed by atoms with Gasteiger partial charge in [0.2, 0.25) is 0 Å². The van der Waals surface area contributed by atoms with Gasteiger partial charge in [0.1, 0.15) is 11.6 Å². The summed E-state index contributed by atoms with van der Waals surface area (Å²) in [4.78, 5) is 6.18. The molecule has 1 aliphatic rings. The third kappa shape index (κ3) is 2.53. The summed E-state index contributed by atoms with van der Waals surface area (Å²) in [7, 11) is 1.95. The molecular weight excluding hydrogens is 243 g/mol. The number of pyridine rings is 1. The van der Waals surface area contributed by atoms with Gasteiger partial charge in [-0.15, -0.1) is 11.6 Å². The van der Waals surface area contributed by atoms with Crippen LogP contribution in [-0.2, 0) is 10.6 Å². The molecule has 0 aliphatic carbocycles. The quantitative estimate of drug-likeness (QED) is 0.780. The highest BCUT2D eigenvalue weighted by molar-refractivity contribution is 6.17. The number of hydrogen-bond donors (Lipinski definition) is 0. The first kappa shape index (κ1) is 12.6. The summed E-state index contributed by atoms with van der Waals surface area (Å²) in [6.07, 6.45) is 2.34. The summed E-state index contributed by atoms with van der Waals surface area (Å²) in [6.45, 7) is 2.80. The second kappa shape index (κ2) is 5.19. The van der Waals surface area contributed by atoms with Crippen LogP contribution in [0.5, 0.6) is 0 Å². The summed E-state index contributed by atoms with van der Waals surface area (Å²) < 4.78 is 18.6. The van der Waals surface area contributed by atoms with E-state index >= 15 is 0 Å². The Morgan fingerprint density at radius 2 is 2.41 bits per heavy atom. The van der Waals surface area contributed by atoms with Gasteiger partial charge in [-0.3, -0.25) is 0 Å². The van der Waals surface area contributed by atoms with E-state index in [0.717, 1.165) is 18.8 Å². The first-order chi connectivity index (χ1) is 8.13. The fourth-order valence-corrected chi connectivity index (χ4v) is 2.47. The van der Waals surface area contributed by atoms with Crippen LogP contribution in [0.3, 0.4) is 0 Å². The Balaban J connectivity index is 2.26. The Labute approximate surface area is 106 Å². The predicted octanol–water partition coefficient (Wildman–Crippen LogP) is 2.57. The molecule has 0 bridgehead atoms. The molecule has 5 heteroatoms. The van der Waals surface area contributed by atoms with Crippen molar-refractivity contribution in [1.82, 2.24) is 4.98 Å². The minimum Gasteiger partial charge on any atom is -0.376 e. The number of halogens is 2. The Kier molecular flexibility index (Phi) is 3.84. The average Bonchev–Trinajstić information content (AvgIpc) is 2.74. The molecule has 0 saturated carbocycles. The smallest absolute Gasteiger partial charge is 0.141 e. The number of alkyl halides is 1. The molecule has 0 spiro atoms. The Bertz CT molecular complexity index is 402. The topological polar surface area (TPSA) is 25.4 Å². The van der Waals surface area contributed by atoms with Crippen LogP contribution in [0, 0.1) is 5.82 Å². The van der Waals surface area contributed by atoms with Gasteiger partial charge in [-0.1, -0.05) is 0 Å². The van der Waals surface area contributed by atoms with Crippen LogP contribution in [-0.4, -0.2) is 30.8 Å². The van der Waals surface area contributed by atoms with E-state index in [2.05, 4.69) is 4.98 Å². The van der Waals surface area contributed by atoms with Crippen LogP contribution in [0.15, 0.2) is 12.3 Å². The number of likely N-dealkylation sites (N-methyl/N-ethyl adjacent to an activating group) is 1. The van der Waals surface area contributed by atoms with Crippen molar-refractivity contribution < 1.29 is 9.13 Å². The van der Waals surface area contributed by atoms with Crippen LogP contribution >= 0.6 is 11.6 Å². The van der Waals surface area contributed by atoms with Crippen molar-refractivity contribution in [3.63, 3.8) is 0 Å². The lowest BCUT2D eigenvalue weighted by Gasteiger charge is -2.29. The van der Waals surface area contributed by atoms with E-state index < -0.39 is 0 Å². The van der Waals surface area contributed by atoms with Crippen molar-refractivity contribution in [2.45, 2.75) is 31.4 Å². The molecule has 3 nitrogen and oxygen atoms in total. The van der Waals surface area contributed by atoms with E-state index in [1.165, 1.54) is 12.3 Å². The van der Waals surface area contributed by atoms with E-state index in [0.29, 0.717) is 5.56 Å². The van der Waals surface area contributed by atoms with Crippen molar-refractivity contribution in [3.05, 3.63) is 23.6 Å². The van der Waals surface area contributed by atoms with Gasteiger partial charge in [0.15, 0.2) is 0 Å². The molecule has 2 unspecified atom stereocenters. The van der Waals surface area contributed by atoms with Gasteiger partial charge < -0.3 is 9.64 Å². The Morgan fingerprint density at radius 1 is 1.65 bits per heavy atom. The maximum absolute atomic E-state index is 13.1. The van der Waals surface area contributed by atoms with Gasteiger partial charge in [0.05, 0.1) is 24.2 Å². The van der Waals surface area contributed by atoms with E-state index in [-0.39, 0.29) is 23.8 Å². The molecule has 17 heavy (non-hydrogen) atoms. The standard InChI is InChI=1S/C12H16ClFN2O/c1-8-11(3-4-17-8)16(2)12-9(6-13)5-10(14)7-15-12/h5,7-8,11H,3-4,6H2,1-2H3. The summed E-state index contributed by atoms with van der Waals surface area (Å²) in [6, 6.07) is 1.71. The molecule has 1 aliphatic heterocycles. The number of hydrogen-bond acceptors (Lipinski definition) is 3. The zero-order valence-corrected chi connectivity index (χ0v) is 10.7. The first-order valence-corrected chi connectivity index (χ1v) is 6.21. The van der Waals surface area contributed by atoms with Crippen LogP contribution in [0.25, 0.3) is 0 Å². The molecule has 0 aromatic carbocycles. The number of ether oxygens (including phenoxy) is 1. The number of aromatic nitrogens is 1. The monoisotopic (exact) mass is 258 g/mol. The molecule has 94 valence electrons. The molecule has 0 amide bonds. The van der Waals surface area contributed by atoms with Crippen molar-refractivity contribution in [2.75, 3.05) is 18.6 Å². The van der Waals surface area contributed by atoms with Gasteiger partial charge in [0, 0.05) is 19.2 Å². The summed E-state index contributed by atoms with van der Waals surface area (Å²) in [5.41, 5.74) is 0.716. The highest BCUT2D eigenvalue weighted by Gasteiger charge is 2.29. The maximum atomic E-state index is 13.1. The second-order valence-corrected chi connectivity index (χ2v) is 4.58. The third-order valence-corrected chi connectivity index (χ3v) is 3.51.